The second kappa shape index (κ2) is 7.92. The van der Waals surface area contributed by atoms with Gasteiger partial charge in [0.2, 0.25) is 0 Å². The molecule has 0 aromatic carbocycles. The highest BCUT2D eigenvalue weighted by Gasteiger charge is 2.58. The molecule has 0 radical (unpaired) electrons. The van der Waals surface area contributed by atoms with Crippen molar-refractivity contribution in [2.24, 2.45) is 16.3 Å². The molecule has 2 aliphatic rings. The number of rotatable bonds is 4. The summed E-state index contributed by atoms with van der Waals surface area (Å²) in [5, 5.41) is 7.11. The summed E-state index contributed by atoms with van der Waals surface area (Å²) in [7, 11) is 1.85. The van der Waals surface area contributed by atoms with Crippen LogP contribution in [0.3, 0.4) is 0 Å². The number of ether oxygens (including phenoxy) is 1. The minimum Gasteiger partial charge on any atom is -0.377 e. The fourth-order valence-electron chi connectivity index (χ4n) is 3.53. The molecule has 130 valence electrons. The number of guanidine groups is 1. The SMILES string of the molecule is CN=C(NCC(C)(C)SC)NC1C2CCCOC2C1(C)C.I. The summed E-state index contributed by atoms with van der Waals surface area (Å²) < 4.78 is 6.18. The minimum absolute atomic E-state index is 0. The van der Waals surface area contributed by atoms with Crippen LogP contribution in [0.2, 0.25) is 0 Å². The molecule has 2 fully saturated rings. The predicted octanol–water partition coefficient (Wildman–Crippen LogP) is 3.11. The van der Waals surface area contributed by atoms with E-state index in [9.17, 15) is 0 Å². The molecule has 6 heteroatoms. The van der Waals surface area contributed by atoms with E-state index in [1.807, 2.05) is 18.8 Å². The van der Waals surface area contributed by atoms with Gasteiger partial charge in [-0.05, 0) is 32.9 Å². The third-order valence-corrected chi connectivity index (χ3v) is 6.33. The highest BCUT2D eigenvalue weighted by Crippen LogP contribution is 2.51. The summed E-state index contributed by atoms with van der Waals surface area (Å²) in [6, 6.07) is 0.450. The zero-order valence-electron chi connectivity index (χ0n) is 14.7. The monoisotopic (exact) mass is 441 g/mol. The van der Waals surface area contributed by atoms with E-state index in [-0.39, 0.29) is 34.1 Å². The highest BCUT2D eigenvalue weighted by molar-refractivity contribution is 14.0. The van der Waals surface area contributed by atoms with Gasteiger partial charge < -0.3 is 15.4 Å². The van der Waals surface area contributed by atoms with Gasteiger partial charge in [-0.1, -0.05) is 13.8 Å². The fourth-order valence-corrected chi connectivity index (χ4v) is 3.74. The van der Waals surface area contributed by atoms with E-state index in [0.717, 1.165) is 19.1 Å². The Morgan fingerprint density at radius 3 is 2.68 bits per heavy atom. The third kappa shape index (κ3) is 4.23. The van der Waals surface area contributed by atoms with Crippen molar-refractivity contribution in [3.05, 3.63) is 0 Å². The van der Waals surface area contributed by atoms with Crippen molar-refractivity contribution in [2.45, 2.75) is 57.4 Å². The lowest BCUT2D eigenvalue weighted by Gasteiger charge is -2.60. The summed E-state index contributed by atoms with van der Waals surface area (Å²) in [5.41, 5.74) is 0.178. The zero-order valence-corrected chi connectivity index (χ0v) is 17.9. The topological polar surface area (TPSA) is 45.7 Å². The van der Waals surface area contributed by atoms with Gasteiger partial charge in [0.15, 0.2) is 5.96 Å². The Bertz CT molecular complexity index is 401. The van der Waals surface area contributed by atoms with Crippen molar-refractivity contribution >= 4 is 41.7 Å². The Morgan fingerprint density at radius 2 is 2.09 bits per heavy atom. The van der Waals surface area contributed by atoms with Crippen LogP contribution in [0.15, 0.2) is 4.99 Å². The van der Waals surface area contributed by atoms with Crippen LogP contribution in [0.1, 0.15) is 40.5 Å². The van der Waals surface area contributed by atoms with Gasteiger partial charge in [-0.2, -0.15) is 11.8 Å². The van der Waals surface area contributed by atoms with Crippen LogP contribution >= 0.6 is 35.7 Å². The maximum Gasteiger partial charge on any atom is 0.191 e. The van der Waals surface area contributed by atoms with E-state index >= 15 is 0 Å². The van der Waals surface area contributed by atoms with Crippen LogP contribution in [0, 0.1) is 11.3 Å². The largest absolute Gasteiger partial charge is 0.377 e. The number of aliphatic imine (C=N–C) groups is 1. The van der Waals surface area contributed by atoms with Gasteiger partial charge >= 0.3 is 0 Å². The molecular formula is C16H32IN3OS. The van der Waals surface area contributed by atoms with Crippen LogP contribution in [0.25, 0.3) is 0 Å². The van der Waals surface area contributed by atoms with Crippen molar-refractivity contribution in [3.63, 3.8) is 0 Å². The molecule has 0 spiro atoms. The van der Waals surface area contributed by atoms with Crippen molar-refractivity contribution in [1.82, 2.24) is 10.6 Å². The maximum atomic E-state index is 5.97. The van der Waals surface area contributed by atoms with Gasteiger partial charge in [0.1, 0.15) is 0 Å². The molecule has 2 rings (SSSR count). The van der Waals surface area contributed by atoms with Gasteiger partial charge in [-0.15, -0.1) is 24.0 Å². The number of hydrogen-bond acceptors (Lipinski definition) is 3. The van der Waals surface area contributed by atoms with Crippen molar-refractivity contribution in [2.75, 3.05) is 26.5 Å². The first-order valence-electron chi connectivity index (χ1n) is 7.96. The average Bonchev–Trinajstić information content (AvgIpc) is 2.47. The minimum atomic E-state index is 0. The molecule has 0 aromatic heterocycles. The highest BCUT2D eigenvalue weighted by atomic mass is 127. The Kier molecular flexibility index (Phi) is 7.33. The summed E-state index contributed by atoms with van der Waals surface area (Å²) in [4.78, 5) is 4.39. The van der Waals surface area contributed by atoms with Crippen LogP contribution < -0.4 is 10.6 Å². The summed E-state index contributed by atoms with van der Waals surface area (Å²) in [6.45, 7) is 10.9. The van der Waals surface area contributed by atoms with E-state index in [0.29, 0.717) is 18.1 Å². The number of halogens is 1. The summed E-state index contributed by atoms with van der Waals surface area (Å²) in [5.74, 6) is 1.54. The molecule has 1 saturated heterocycles. The molecule has 3 atom stereocenters. The molecule has 2 N–H and O–H groups in total. The quantitative estimate of drug-likeness (QED) is 0.400. The molecule has 1 aliphatic heterocycles. The molecule has 1 heterocycles. The molecule has 4 nitrogen and oxygen atoms in total. The lowest BCUT2D eigenvalue weighted by atomic mass is 9.55. The first kappa shape index (κ1) is 20.4. The van der Waals surface area contributed by atoms with Gasteiger partial charge in [-0.25, -0.2) is 0 Å². The first-order chi connectivity index (χ1) is 9.81. The third-order valence-electron chi connectivity index (χ3n) is 5.08. The smallest absolute Gasteiger partial charge is 0.191 e. The van der Waals surface area contributed by atoms with Gasteiger partial charge in [0.05, 0.1) is 6.10 Å². The van der Waals surface area contributed by atoms with Crippen LogP contribution in [0.4, 0.5) is 0 Å². The molecule has 0 bridgehead atoms. The molecule has 22 heavy (non-hydrogen) atoms. The fraction of sp³-hybridized carbons (Fsp3) is 0.938. The molecular weight excluding hydrogens is 409 g/mol. The molecule has 3 unspecified atom stereocenters. The molecule has 1 saturated carbocycles. The van der Waals surface area contributed by atoms with Crippen molar-refractivity contribution in [3.8, 4) is 0 Å². The molecule has 1 aliphatic carbocycles. The summed E-state index contributed by atoms with van der Waals surface area (Å²) >= 11 is 1.87. The van der Waals surface area contributed by atoms with Crippen molar-refractivity contribution in [1.29, 1.82) is 0 Å². The van der Waals surface area contributed by atoms with Gasteiger partial charge in [0.25, 0.3) is 0 Å². The molecule has 0 amide bonds. The van der Waals surface area contributed by atoms with Crippen LogP contribution in [-0.2, 0) is 4.74 Å². The van der Waals surface area contributed by atoms with Crippen LogP contribution in [-0.4, -0.2) is 49.3 Å². The Hall–Kier alpha value is 0.310. The van der Waals surface area contributed by atoms with Crippen LogP contribution in [0.5, 0.6) is 0 Å². The number of thioether (sulfide) groups is 1. The van der Waals surface area contributed by atoms with E-state index in [2.05, 4.69) is 49.6 Å². The normalized spacial score (nSPS) is 30.6. The number of fused-ring (bicyclic) bond motifs is 1. The lowest BCUT2D eigenvalue weighted by molar-refractivity contribution is -0.188. The second-order valence-corrected chi connectivity index (χ2v) is 8.94. The number of nitrogens with zero attached hydrogens (tertiary/aromatic N) is 1. The van der Waals surface area contributed by atoms with Crippen molar-refractivity contribution < 1.29 is 4.74 Å². The van der Waals surface area contributed by atoms with E-state index in [1.165, 1.54) is 12.8 Å². The predicted molar refractivity (Wildman–Crippen MR) is 108 cm³/mol. The Labute approximate surface area is 157 Å². The number of hydrogen-bond donors (Lipinski definition) is 2. The number of nitrogens with one attached hydrogen (secondary N) is 2. The first-order valence-corrected chi connectivity index (χ1v) is 9.18. The second-order valence-electron chi connectivity index (χ2n) is 7.43. The average molecular weight is 441 g/mol. The van der Waals surface area contributed by atoms with E-state index < -0.39 is 0 Å². The van der Waals surface area contributed by atoms with E-state index in [1.54, 1.807) is 0 Å². The van der Waals surface area contributed by atoms with Gasteiger partial charge in [-0.3, -0.25) is 4.99 Å². The lowest BCUT2D eigenvalue weighted by Crippen LogP contribution is -2.71. The zero-order chi connectivity index (χ0) is 15.7. The summed E-state index contributed by atoms with van der Waals surface area (Å²) in [6.07, 6.45) is 5.00. The Balaban J connectivity index is 0.00000242. The van der Waals surface area contributed by atoms with E-state index in [4.69, 9.17) is 4.74 Å². The Morgan fingerprint density at radius 1 is 1.41 bits per heavy atom. The van der Waals surface area contributed by atoms with Gasteiger partial charge in [0, 0.05) is 42.3 Å². The molecule has 0 aromatic rings. The standard InChI is InChI=1S/C16H31N3OS.HI/c1-15(2,21-6)10-18-14(17-5)19-12-11-8-7-9-20-13(11)16(12,3)4;/h11-13H,7-10H2,1-6H3,(H2,17,18,19);1H. The maximum absolute atomic E-state index is 5.97.